The molecule has 1 heterocycles. The molecule has 3 rings (SSSR count). The van der Waals surface area contributed by atoms with Gasteiger partial charge in [-0.05, 0) is 36.2 Å². The molecule has 0 fully saturated rings. The average molecular weight is 353 g/mol. The van der Waals surface area contributed by atoms with Gasteiger partial charge in [0.1, 0.15) is 0 Å². The first-order chi connectivity index (χ1) is 12.0. The largest absolute Gasteiger partial charge is 0.322 e. The van der Waals surface area contributed by atoms with Gasteiger partial charge in [0.15, 0.2) is 0 Å². The molecule has 0 saturated heterocycles. The van der Waals surface area contributed by atoms with Crippen molar-refractivity contribution in [3.63, 3.8) is 0 Å². The van der Waals surface area contributed by atoms with Gasteiger partial charge in [-0.1, -0.05) is 48.0 Å². The van der Waals surface area contributed by atoms with Gasteiger partial charge in [0.2, 0.25) is 0 Å². The highest BCUT2D eigenvalue weighted by Crippen LogP contribution is 2.23. The number of aromatic nitrogens is 1. The van der Waals surface area contributed by atoms with E-state index in [1.165, 1.54) is 16.7 Å². The van der Waals surface area contributed by atoms with Crippen LogP contribution in [0.25, 0.3) is 0 Å². The molecular weight excluding hydrogens is 336 g/mol. The summed E-state index contributed by atoms with van der Waals surface area (Å²) in [6, 6.07) is 17.9. The maximum Gasteiger partial charge on any atom is 0.257 e. The number of benzene rings is 2. The zero-order valence-electron chi connectivity index (χ0n) is 13.7. The Kier molecular flexibility index (Phi) is 5.00. The first-order valence-corrected chi connectivity index (χ1v) is 8.23. The summed E-state index contributed by atoms with van der Waals surface area (Å²) in [7, 11) is 0. The van der Waals surface area contributed by atoms with Crippen LogP contribution in [-0.2, 0) is 6.54 Å². The Bertz CT molecular complexity index is 965. The molecule has 0 spiro atoms. The Morgan fingerprint density at radius 2 is 1.80 bits per heavy atom. The highest BCUT2D eigenvalue weighted by Gasteiger charge is 2.11. The normalized spacial score (nSPS) is 10.5. The fourth-order valence-electron chi connectivity index (χ4n) is 2.51. The molecule has 0 aliphatic rings. The van der Waals surface area contributed by atoms with Gasteiger partial charge < -0.3 is 9.88 Å². The summed E-state index contributed by atoms with van der Waals surface area (Å²) >= 11 is 6.08. The molecule has 0 atom stereocenters. The van der Waals surface area contributed by atoms with Gasteiger partial charge in [-0.25, -0.2) is 0 Å². The van der Waals surface area contributed by atoms with Gasteiger partial charge >= 0.3 is 0 Å². The number of nitrogens with one attached hydrogen (secondary N) is 1. The number of anilines is 1. The third-order valence-electron chi connectivity index (χ3n) is 3.96. The molecule has 1 N–H and O–H groups in total. The molecular formula is C20H17ClN2O2. The van der Waals surface area contributed by atoms with Gasteiger partial charge in [0.25, 0.3) is 11.5 Å². The van der Waals surface area contributed by atoms with Crippen LogP contribution < -0.4 is 10.9 Å². The number of amides is 1. The van der Waals surface area contributed by atoms with Gasteiger partial charge in [-0.15, -0.1) is 0 Å². The van der Waals surface area contributed by atoms with E-state index in [0.29, 0.717) is 22.8 Å². The van der Waals surface area contributed by atoms with E-state index >= 15 is 0 Å². The zero-order chi connectivity index (χ0) is 17.8. The molecule has 2 aromatic carbocycles. The van der Waals surface area contributed by atoms with Crippen LogP contribution in [0.1, 0.15) is 21.5 Å². The minimum atomic E-state index is -0.285. The molecule has 0 radical (unpaired) electrons. The Balaban J connectivity index is 1.85. The van der Waals surface area contributed by atoms with Crippen molar-refractivity contribution in [2.24, 2.45) is 0 Å². The summed E-state index contributed by atoms with van der Waals surface area (Å²) in [5.41, 5.74) is 2.70. The molecule has 0 aliphatic carbocycles. The molecule has 4 nitrogen and oxygen atoms in total. The first kappa shape index (κ1) is 17.0. The number of nitrogens with zero attached hydrogens (tertiary/aromatic N) is 1. The molecule has 126 valence electrons. The fraction of sp³-hybridized carbons (Fsp3) is 0.100. The van der Waals surface area contributed by atoms with E-state index in [4.69, 9.17) is 11.6 Å². The topological polar surface area (TPSA) is 51.1 Å². The van der Waals surface area contributed by atoms with Gasteiger partial charge in [0, 0.05) is 23.0 Å². The molecule has 0 unspecified atom stereocenters. The summed E-state index contributed by atoms with van der Waals surface area (Å²) in [5.74, 6) is -0.285. The first-order valence-electron chi connectivity index (χ1n) is 7.85. The Morgan fingerprint density at radius 1 is 1.04 bits per heavy atom. The second kappa shape index (κ2) is 7.36. The third-order valence-corrected chi connectivity index (χ3v) is 4.37. The predicted octanol–water partition coefficient (Wildman–Crippen LogP) is 4.11. The molecule has 5 heteroatoms. The highest BCUT2D eigenvalue weighted by molar-refractivity contribution is 6.31. The van der Waals surface area contributed by atoms with Crippen LogP contribution in [0, 0.1) is 6.92 Å². The SMILES string of the molecule is Cc1c(Cl)cccc1NC(=O)c1ccc(=O)n(Cc2ccccc2)c1. The molecule has 1 aromatic heterocycles. The highest BCUT2D eigenvalue weighted by atomic mass is 35.5. The second-order valence-corrected chi connectivity index (χ2v) is 6.14. The Morgan fingerprint density at radius 3 is 2.56 bits per heavy atom. The van der Waals surface area contributed by atoms with Crippen LogP contribution in [-0.4, -0.2) is 10.5 Å². The number of hydrogen-bond donors (Lipinski definition) is 1. The third kappa shape index (κ3) is 3.98. The van der Waals surface area contributed by atoms with Crippen molar-refractivity contribution in [2.45, 2.75) is 13.5 Å². The van der Waals surface area contributed by atoms with Crippen molar-refractivity contribution < 1.29 is 4.79 Å². The summed E-state index contributed by atoms with van der Waals surface area (Å²) in [6.45, 7) is 2.26. The van der Waals surface area contributed by atoms with E-state index in [-0.39, 0.29) is 11.5 Å². The lowest BCUT2D eigenvalue weighted by Gasteiger charge is -2.11. The zero-order valence-corrected chi connectivity index (χ0v) is 14.5. The van der Waals surface area contributed by atoms with Gasteiger partial charge in [-0.2, -0.15) is 0 Å². The van der Waals surface area contributed by atoms with Crippen LogP contribution in [0.15, 0.2) is 71.7 Å². The number of pyridine rings is 1. The summed E-state index contributed by atoms with van der Waals surface area (Å²) < 4.78 is 1.52. The lowest BCUT2D eigenvalue weighted by molar-refractivity contribution is 0.102. The molecule has 0 bridgehead atoms. The van der Waals surface area contributed by atoms with Crippen LogP contribution >= 0.6 is 11.6 Å². The predicted molar refractivity (Wildman–Crippen MR) is 100 cm³/mol. The number of carbonyl (C=O) groups is 1. The van der Waals surface area contributed by atoms with E-state index in [1.54, 1.807) is 24.4 Å². The second-order valence-electron chi connectivity index (χ2n) is 5.74. The van der Waals surface area contributed by atoms with E-state index < -0.39 is 0 Å². The minimum Gasteiger partial charge on any atom is -0.322 e. The number of rotatable bonds is 4. The fourth-order valence-corrected chi connectivity index (χ4v) is 2.68. The van der Waals surface area contributed by atoms with Crippen LogP contribution in [0.5, 0.6) is 0 Å². The molecule has 25 heavy (non-hydrogen) atoms. The van der Waals surface area contributed by atoms with E-state index in [1.807, 2.05) is 37.3 Å². The lowest BCUT2D eigenvalue weighted by Crippen LogP contribution is -2.22. The van der Waals surface area contributed by atoms with Crippen LogP contribution in [0.4, 0.5) is 5.69 Å². The van der Waals surface area contributed by atoms with Crippen molar-refractivity contribution in [2.75, 3.05) is 5.32 Å². The monoisotopic (exact) mass is 352 g/mol. The number of halogens is 1. The summed E-state index contributed by atoms with van der Waals surface area (Å²) in [4.78, 5) is 24.6. The lowest BCUT2D eigenvalue weighted by atomic mass is 10.2. The van der Waals surface area contributed by atoms with Gasteiger partial charge in [-0.3, -0.25) is 9.59 Å². The standard InChI is InChI=1S/C20H17ClN2O2/c1-14-17(21)8-5-9-18(14)22-20(25)16-10-11-19(24)23(13-16)12-15-6-3-2-4-7-15/h2-11,13H,12H2,1H3,(H,22,25). The smallest absolute Gasteiger partial charge is 0.257 e. The van der Waals surface area contributed by atoms with Gasteiger partial charge in [0.05, 0.1) is 12.1 Å². The summed E-state index contributed by atoms with van der Waals surface area (Å²) in [6.07, 6.45) is 1.57. The van der Waals surface area contributed by atoms with Crippen molar-refractivity contribution in [3.05, 3.63) is 98.9 Å². The molecule has 1 amide bonds. The average Bonchev–Trinajstić information content (AvgIpc) is 2.61. The van der Waals surface area contributed by atoms with Crippen molar-refractivity contribution in [1.29, 1.82) is 0 Å². The van der Waals surface area contributed by atoms with Crippen LogP contribution in [0.2, 0.25) is 5.02 Å². The Hall–Kier alpha value is -2.85. The van der Waals surface area contributed by atoms with E-state index in [2.05, 4.69) is 5.32 Å². The van der Waals surface area contributed by atoms with Crippen molar-refractivity contribution in [3.8, 4) is 0 Å². The van der Waals surface area contributed by atoms with E-state index in [9.17, 15) is 9.59 Å². The van der Waals surface area contributed by atoms with E-state index in [0.717, 1.165) is 11.1 Å². The van der Waals surface area contributed by atoms with Crippen molar-refractivity contribution >= 4 is 23.2 Å². The Labute approximate surface area is 150 Å². The quantitative estimate of drug-likeness (QED) is 0.768. The molecule has 0 aliphatic heterocycles. The summed E-state index contributed by atoms with van der Waals surface area (Å²) in [5, 5.41) is 3.43. The maximum absolute atomic E-state index is 12.5. The number of carbonyl (C=O) groups excluding carboxylic acids is 1. The van der Waals surface area contributed by atoms with Crippen molar-refractivity contribution in [1.82, 2.24) is 4.57 Å². The minimum absolute atomic E-state index is 0.153. The molecule has 3 aromatic rings. The maximum atomic E-state index is 12.5. The molecule has 0 saturated carbocycles. The van der Waals surface area contributed by atoms with Crippen LogP contribution in [0.3, 0.4) is 0 Å². The number of hydrogen-bond acceptors (Lipinski definition) is 2.